The molecule has 0 spiro atoms. The van der Waals surface area contributed by atoms with E-state index in [-0.39, 0.29) is 6.10 Å². The Hall–Kier alpha value is -1.91. The highest BCUT2D eigenvalue weighted by Gasteiger charge is 2.22. The van der Waals surface area contributed by atoms with E-state index in [1.54, 1.807) is 14.2 Å². The van der Waals surface area contributed by atoms with Crippen LogP contribution >= 0.6 is 11.8 Å². The highest BCUT2D eigenvalue weighted by atomic mass is 32.2. The lowest BCUT2D eigenvalue weighted by Gasteiger charge is -2.17. The lowest BCUT2D eigenvalue weighted by atomic mass is 10.0. The van der Waals surface area contributed by atoms with Gasteiger partial charge in [0.25, 0.3) is 0 Å². The average molecular weight is 325 g/mol. The van der Waals surface area contributed by atoms with Gasteiger partial charge in [-0.1, -0.05) is 6.07 Å². The highest BCUT2D eigenvalue weighted by molar-refractivity contribution is 7.98. The number of thioether (sulfide) groups is 1. The fourth-order valence-electron chi connectivity index (χ4n) is 3.14. The van der Waals surface area contributed by atoms with Crippen LogP contribution in [0.25, 0.3) is 22.2 Å². The van der Waals surface area contributed by atoms with E-state index in [0.29, 0.717) is 0 Å². The number of rotatable bonds is 3. The van der Waals surface area contributed by atoms with Crippen LogP contribution < -0.4 is 4.74 Å². The lowest BCUT2D eigenvalue weighted by molar-refractivity contribution is 0.119. The number of hydrogen-bond donors (Lipinski definition) is 1. The minimum absolute atomic E-state index is 0.109. The smallest absolute Gasteiger partial charge is 0.120 e. The van der Waals surface area contributed by atoms with Crippen LogP contribution in [0.2, 0.25) is 0 Å². The molecule has 0 saturated heterocycles. The molecule has 0 fully saturated rings. The van der Waals surface area contributed by atoms with Crippen molar-refractivity contribution in [1.82, 2.24) is 4.98 Å². The number of aromatic nitrogens is 1. The Kier molecular flexibility index (Phi) is 3.58. The summed E-state index contributed by atoms with van der Waals surface area (Å²) in [6.45, 7) is 2.08. The standard InChI is InChI=1S/C19H19NO2S/c1-11(21-2)12-4-7-17-15(8-12)16-10-23-18-9-13(22-3)5-6-14(18)19(16)20-17/h4-9,11,20H,10H2,1-3H3/t11-/m0/s1. The molecule has 3 aromatic rings. The number of aromatic amines is 1. The second kappa shape index (κ2) is 5.62. The van der Waals surface area contributed by atoms with Gasteiger partial charge in [0.05, 0.1) is 18.9 Å². The number of fused-ring (bicyclic) bond motifs is 5. The van der Waals surface area contributed by atoms with Gasteiger partial charge < -0.3 is 14.5 Å². The maximum absolute atomic E-state index is 5.46. The molecule has 2 heterocycles. The summed E-state index contributed by atoms with van der Waals surface area (Å²) in [5, 5.41) is 1.30. The average Bonchev–Trinajstić information content (AvgIpc) is 2.98. The summed E-state index contributed by atoms with van der Waals surface area (Å²) in [7, 11) is 3.46. The van der Waals surface area contributed by atoms with Crippen LogP contribution in [0.4, 0.5) is 0 Å². The molecule has 2 aromatic carbocycles. The van der Waals surface area contributed by atoms with Crippen molar-refractivity contribution in [3.8, 4) is 17.0 Å². The van der Waals surface area contributed by atoms with Crippen LogP contribution in [-0.4, -0.2) is 19.2 Å². The fraction of sp³-hybridized carbons (Fsp3) is 0.263. The largest absolute Gasteiger partial charge is 0.497 e. The van der Waals surface area contributed by atoms with Crippen molar-refractivity contribution in [2.45, 2.75) is 23.7 Å². The van der Waals surface area contributed by atoms with Crippen molar-refractivity contribution in [2.75, 3.05) is 14.2 Å². The summed E-state index contributed by atoms with van der Waals surface area (Å²) in [6, 6.07) is 12.8. The third-order valence-electron chi connectivity index (χ3n) is 4.58. The summed E-state index contributed by atoms with van der Waals surface area (Å²) in [5.74, 6) is 1.88. The van der Waals surface area contributed by atoms with E-state index < -0.39 is 0 Å². The molecule has 118 valence electrons. The fourth-order valence-corrected chi connectivity index (χ4v) is 4.26. The predicted octanol–water partition coefficient (Wildman–Crippen LogP) is 5.16. The highest BCUT2D eigenvalue weighted by Crippen LogP contribution is 2.45. The first-order chi connectivity index (χ1) is 11.2. The molecule has 0 radical (unpaired) electrons. The van der Waals surface area contributed by atoms with Crippen molar-refractivity contribution in [3.63, 3.8) is 0 Å². The zero-order valence-electron chi connectivity index (χ0n) is 13.5. The molecule has 1 atom stereocenters. The van der Waals surface area contributed by atoms with Gasteiger partial charge in [0, 0.05) is 34.2 Å². The molecular formula is C19H19NO2S. The Balaban J connectivity index is 1.88. The molecule has 0 amide bonds. The van der Waals surface area contributed by atoms with Gasteiger partial charge in [0.1, 0.15) is 5.75 Å². The maximum Gasteiger partial charge on any atom is 0.120 e. The summed E-state index contributed by atoms with van der Waals surface area (Å²) in [6.07, 6.45) is 0.109. The van der Waals surface area contributed by atoms with E-state index >= 15 is 0 Å². The van der Waals surface area contributed by atoms with Crippen molar-refractivity contribution < 1.29 is 9.47 Å². The van der Waals surface area contributed by atoms with Crippen LogP contribution in [-0.2, 0) is 10.5 Å². The third-order valence-corrected chi connectivity index (χ3v) is 5.67. The second-order valence-electron chi connectivity index (χ2n) is 5.81. The van der Waals surface area contributed by atoms with E-state index in [2.05, 4.69) is 42.2 Å². The number of ether oxygens (including phenoxy) is 2. The first-order valence-electron chi connectivity index (χ1n) is 7.69. The van der Waals surface area contributed by atoms with Gasteiger partial charge in [-0.25, -0.2) is 0 Å². The first-order valence-corrected chi connectivity index (χ1v) is 8.68. The van der Waals surface area contributed by atoms with Crippen LogP contribution in [0, 0.1) is 0 Å². The van der Waals surface area contributed by atoms with Crippen LogP contribution in [0.15, 0.2) is 41.3 Å². The topological polar surface area (TPSA) is 34.2 Å². The van der Waals surface area contributed by atoms with Crippen molar-refractivity contribution in [2.24, 2.45) is 0 Å². The van der Waals surface area contributed by atoms with Gasteiger partial charge in [-0.05, 0) is 48.4 Å². The van der Waals surface area contributed by atoms with E-state index in [1.165, 1.54) is 38.2 Å². The Morgan fingerprint density at radius 1 is 1.13 bits per heavy atom. The Labute approximate surface area is 140 Å². The monoisotopic (exact) mass is 325 g/mol. The molecule has 0 saturated carbocycles. The van der Waals surface area contributed by atoms with Crippen molar-refractivity contribution in [3.05, 3.63) is 47.5 Å². The quantitative estimate of drug-likeness (QED) is 0.722. The molecular weight excluding hydrogens is 306 g/mol. The maximum atomic E-state index is 5.46. The van der Waals surface area contributed by atoms with Gasteiger partial charge in [-0.15, -0.1) is 11.8 Å². The molecule has 1 aliphatic heterocycles. The molecule has 4 heteroatoms. The Morgan fingerprint density at radius 3 is 2.78 bits per heavy atom. The zero-order valence-corrected chi connectivity index (χ0v) is 14.3. The molecule has 1 aromatic heterocycles. The second-order valence-corrected chi connectivity index (χ2v) is 6.83. The van der Waals surface area contributed by atoms with Gasteiger partial charge in [0.2, 0.25) is 0 Å². The molecule has 1 aliphatic rings. The molecule has 23 heavy (non-hydrogen) atoms. The van der Waals surface area contributed by atoms with E-state index in [0.717, 1.165) is 11.5 Å². The summed E-state index contributed by atoms with van der Waals surface area (Å²) >= 11 is 1.87. The first kappa shape index (κ1) is 14.7. The molecule has 0 aliphatic carbocycles. The predicted molar refractivity (Wildman–Crippen MR) is 95.3 cm³/mol. The van der Waals surface area contributed by atoms with E-state index in [4.69, 9.17) is 9.47 Å². The molecule has 1 N–H and O–H groups in total. The number of methoxy groups -OCH3 is 2. The van der Waals surface area contributed by atoms with Crippen LogP contribution in [0.1, 0.15) is 24.2 Å². The Morgan fingerprint density at radius 2 is 2.00 bits per heavy atom. The number of hydrogen-bond acceptors (Lipinski definition) is 3. The third kappa shape index (κ3) is 2.33. The van der Waals surface area contributed by atoms with Gasteiger partial charge in [-0.2, -0.15) is 0 Å². The summed E-state index contributed by atoms with van der Waals surface area (Å²) in [4.78, 5) is 4.87. The molecule has 0 bridgehead atoms. The SMILES string of the molecule is COc1ccc2c(c1)SCc1c-2[nH]c2ccc([C@H](C)OC)cc12. The molecule has 4 rings (SSSR count). The van der Waals surface area contributed by atoms with Crippen molar-refractivity contribution in [1.29, 1.82) is 0 Å². The van der Waals surface area contributed by atoms with E-state index in [1.807, 2.05) is 17.8 Å². The van der Waals surface area contributed by atoms with Gasteiger partial charge >= 0.3 is 0 Å². The summed E-state index contributed by atoms with van der Waals surface area (Å²) < 4.78 is 10.8. The van der Waals surface area contributed by atoms with E-state index in [9.17, 15) is 0 Å². The minimum Gasteiger partial charge on any atom is -0.497 e. The zero-order chi connectivity index (χ0) is 16.0. The van der Waals surface area contributed by atoms with Gasteiger partial charge in [0.15, 0.2) is 0 Å². The number of nitrogens with one attached hydrogen (secondary N) is 1. The van der Waals surface area contributed by atoms with Crippen LogP contribution in [0.5, 0.6) is 5.75 Å². The number of benzene rings is 2. The Bertz CT molecular complexity index is 884. The van der Waals surface area contributed by atoms with Gasteiger partial charge in [-0.3, -0.25) is 0 Å². The van der Waals surface area contributed by atoms with Crippen LogP contribution in [0.3, 0.4) is 0 Å². The van der Waals surface area contributed by atoms with Crippen molar-refractivity contribution >= 4 is 22.7 Å². The summed E-state index contributed by atoms with van der Waals surface area (Å²) in [5.41, 5.74) is 6.28. The minimum atomic E-state index is 0.109. The lowest BCUT2D eigenvalue weighted by Crippen LogP contribution is -1.96. The molecule has 0 unspecified atom stereocenters. The molecule has 3 nitrogen and oxygen atoms in total. The number of H-pyrrole nitrogens is 1. The normalized spacial score (nSPS) is 14.4.